The highest BCUT2D eigenvalue weighted by molar-refractivity contribution is 6.09. The molecule has 46 heavy (non-hydrogen) atoms. The predicted octanol–water partition coefficient (Wildman–Crippen LogP) is 10.8. The Morgan fingerprint density at radius 3 is 2.33 bits per heavy atom. The summed E-state index contributed by atoms with van der Waals surface area (Å²) in [6, 6.07) is 34.3. The van der Waals surface area contributed by atoms with E-state index in [1.54, 1.807) is 0 Å². The first-order valence-electron chi connectivity index (χ1n) is 16.3. The van der Waals surface area contributed by atoms with Gasteiger partial charge in [-0.25, -0.2) is 9.67 Å². The Morgan fingerprint density at radius 1 is 0.696 bits per heavy atom. The standard InChI is InChI=1S/C41H40N4O/c1-6-7-9-12-31-23-33(45-30(5)41(29(4)43-45)32-13-10-8-11-14-32)25-35(24-31)46-34-16-17-36-37-21-27(2)15-18-38(37)44(39(36)26-34)40-22-28(3)19-20-42-40/h8,10-11,13-26H,6-7,9,12H2,1-5H3. The summed E-state index contributed by atoms with van der Waals surface area (Å²) in [6.07, 6.45) is 6.40. The second-order valence-electron chi connectivity index (χ2n) is 12.4. The summed E-state index contributed by atoms with van der Waals surface area (Å²) < 4.78 is 11.0. The summed E-state index contributed by atoms with van der Waals surface area (Å²) in [7, 11) is 0. The van der Waals surface area contributed by atoms with E-state index in [1.807, 2.05) is 12.3 Å². The van der Waals surface area contributed by atoms with Crippen LogP contribution in [-0.2, 0) is 6.42 Å². The number of benzene rings is 4. The lowest BCUT2D eigenvalue weighted by Crippen LogP contribution is -2.02. The minimum absolute atomic E-state index is 0.788. The topological polar surface area (TPSA) is 44.9 Å². The predicted molar refractivity (Wildman–Crippen MR) is 190 cm³/mol. The zero-order valence-electron chi connectivity index (χ0n) is 27.3. The lowest BCUT2D eigenvalue weighted by molar-refractivity contribution is 0.482. The zero-order chi connectivity index (χ0) is 31.8. The van der Waals surface area contributed by atoms with Gasteiger partial charge in [0.2, 0.25) is 0 Å². The van der Waals surface area contributed by atoms with Gasteiger partial charge in [0.25, 0.3) is 0 Å². The average Bonchev–Trinajstić information content (AvgIpc) is 3.53. The van der Waals surface area contributed by atoms with Gasteiger partial charge in [0.1, 0.15) is 17.3 Å². The Kier molecular flexibility index (Phi) is 7.91. The van der Waals surface area contributed by atoms with Crippen molar-refractivity contribution in [2.24, 2.45) is 0 Å². The van der Waals surface area contributed by atoms with E-state index in [0.717, 1.165) is 58.3 Å². The van der Waals surface area contributed by atoms with E-state index in [1.165, 1.54) is 51.4 Å². The minimum Gasteiger partial charge on any atom is -0.457 e. The van der Waals surface area contributed by atoms with Crippen molar-refractivity contribution >= 4 is 21.8 Å². The molecule has 0 unspecified atom stereocenters. The Morgan fingerprint density at radius 2 is 1.52 bits per heavy atom. The van der Waals surface area contributed by atoms with Gasteiger partial charge in [-0.2, -0.15) is 5.10 Å². The highest BCUT2D eigenvalue weighted by Crippen LogP contribution is 2.37. The van der Waals surface area contributed by atoms with E-state index >= 15 is 0 Å². The van der Waals surface area contributed by atoms with Crippen LogP contribution in [0.15, 0.2) is 103 Å². The molecule has 3 heterocycles. The third-order valence-electron chi connectivity index (χ3n) is 8.88. The maximum Gasteiger partial charge on any atom is 0.137 e. The van der Waals surface area contributed by atoms with Crippen molar-refractivity contribution in [3.63, 3.8) is 0 Å². The SMILES string of the molecule is CCCCCc1cc(Oc2ccc3c4cc(C)ccc4n(-c4cc(C)ccn4)c3c2)cc(-n2nc(C)c(-c3ccccc3)c2C)c1. The van der Waals surface area contributed by atoms with Crippen molar-refractivity contribution in [1.29, 1.82) is 0 Å². The van der Waals surface area contributed by atoms with Crippen LogP contribution in [-0.4, -0.2) is 19.3 Å². The molecule has 0 spiro atoms. The normalized spacial score (nSPS) is 11.5. The van der Waals surface area contributed by atoms with Crippen LogP contribution < -0.4 is 4.74 Å². The highest BCUT2D eigenvalue weighted by Gasteiger charge is 2.18. The molecule has 0 saturated carbocycles. The summed E-state index contributed by atoms with van der Waals surface area (Å²) in [5, 5.41) is 7.41. The van der Waals surface area contributed by atoms with Gasteiger partial charge >= 0.3 is 0 Å². The number of nitrogens with zero attached hydrogens (tertiary/aromatic N) is 4. The van der Waals surface area contributed by atoms with Gasteiger partial charge in [-0.05, 0) is 106 Å². The Hall–Kier alpha value is -5.16. The molecule has 5 heteroatoms. The molecule has 0 amide bonds. The third kappa shape index (κ3) is 5.58. The van der Waals surface area contributed by atoms with E-state index in [-0.39, 0.29) is 0 Å². The third-order valence-corrected chi connectivity index (χ3v) is 8.88. The molecular weight excluding hydrogens is 564 g/mol. The molecule has 0 radical (unpaired) electrons. The van der Waals surface area contributed by atoms with Gasteiger partial charge in [0.15, 0.2) is 0 Å². The fourth-order valence-corrected chi connectivity index (χ4v) is 6.67. The monoisotopic (exact) mass is 604 g/mol. The number of aromatic nitrogens is 4. The second kappa shape index (κ2) is 12.3. The Bertz CT molecular complexity index is 2190. The lowest BCUT2D eigenvalue weighted by atomic mass is 10.0. The first-order chi connectivity index (χ1) is 22.4. The fraction of sp³-hybridized carbons (Fsp3) is 0.220. The van der Waals surface area contributed by atoms with Gasteiger partial charge < -0.3 is 4.74 Å². The van der Waals surface area contributed by atoms with Crippen molar-refractivity contribution < 1.29 is 4.74 Å². The van der Waals surface area contributed by atoms with Crippen molar-refractivity contribution in [3.05, 3.63) is 131 Å². The number of ether oxygens (including phenoxy) is 1. The number of unbranched alkanes of at least 4 members (excludes halogenated alkanes) is 2. The molecule has 4 aromatic carbocycles. The molecule has 0 bridgehead atoms. The number of hydrogen-bond acceptors (Lipinski definition) is 3. The molecule has 0 N–H and O–H groups in total. The number of fused-ring (bicyclic) bond motifs is 3. The Labute approximate surface area is 271 Å². The molecule has 0 fully saturated rings. The smallest absolute Gasteiger partial charge is 0.137 e. The van der Waals surface area contributed by atoms with Crippen molar-refractivity contribution in [1.82, 2.24) is 19.3 Å². The quantitative estimate of drug-likeness (QED) is 0.154. The first kappa shape index (κ1) is 29.5. The maximum atomic E-state index is 6.72. The molecule has 7 aromatic rings. The molecule has 5 nitrogen and oxygen atoms in total. The number of aryl methyl sites for hydroxylation is 4. The molecule has 0 aliphatic heterocycles. The molecule has 0 aliphatic rings. The maximum absolute atomic E-state index is 6.72. The van der Waals surface area contributed by atoms with Crippen LogP contribution in [0, 0.1) is 27.7 Å². The van der Waals surface area contributed by atoms with Crippen LogP contribution in [0.5, 0.6) is 11.5 Å². The van der Waals surface area contributed by atoms with Crippen molar-refractivity contribution in [3.8, 4) is 34.1 Å². The molecule has 0 saturated heterocycles. The minimum atomic E-state index is 0.788. The number of rotatable bonds is 9. The van der Waals surface area contributed by atoms with Crippen LogP contribution in [0.25, 0.3) is 44.4 Å². The molecule has 3 aromatic heterocycles. The summed E-state index contributed by atoms with van der Waals surface area (Å²) in [6.45, 7) is 10.7. The van der Waals surface area contributed by atoms with E-state index < -0.39 is 0 Å². The number of hydrogen-bond donors (Lipinski definition) is 0. The van der Waals surface area contributed by atoms with E-state index in [2.05, 4.69) is 135 Å². The molecule has 0 atom stereocenters. The Balaban J connectivity index is 1.33. The fourth-order valence-electron chi connectivity index (χ4n) is 6.67. The second-order valence-corrected chi connectivity index (χ2v) is 12.4. The molecular formula is C41H40N4O. The number of pyridine rings is 1. The van der Waals surface area contributed by atoms with Gasteiger partial charge in [0.05, 0.1) is 22.4 Å². The van der Waals surface area contributed by atoms with Crippen molar-refractivity contribution in [2.75, 3.05) is 0 Å². The van der Waals surface area contributed by atoms with Crippen LogP contribution in [0.1, 0.15) is 54.3 Å². The summed E-state index contributed by atoms with van der Waals surface area (Å²) in [5.74, 6) is 2.50. The van der Waals surface area contributed by atoms with Gasteiger partial charge in [-0.1, -0.05) is 61.7 Å². The van der Waals surface area contributed by atoms with Gasteiger partial charge in [-0.15, -0.1) is 0 Å². The van der Waals surface area contributed by atoms with E-state index in [4.69, 9.17) is 14.8 Å². The summed E-state index contributed by atoms with van der Waals surface area (Å²) in [4.78, 5) is 4.76. The van der Waals surface area contributed by atoms with Gasteiger partial charge in [0, 0.05) is 40.4 Å². The van der Waals surface area contributed by atoms with Crippen LogP contribution >= 0.6 is 0 Å². The summed E-state index contributed by atoms with van der Waals surface area (Å²) >= 11 is 0. The average molecular weight is 605 g/mol. The zero-order valence-corrected chi connectivity index (χ0v) is 27.3. The molecule has 230 valence electrons. The van der Waals surface area contributed by atoms with Crippen LogP contribution in [0.2, 0.25) is 0 Å². The summed E-state index contributed by atoms with van der Waals surface area (Å²) in [5.41, 5.74) is 11.4. The van der Waals surface area contributed by atoms with Gasteiger partial charge in [-0.3, -0.25) is 4.57 Å². The largest absolute Gasteiger partial charge is 0.457 e. The van der Waals surface area contributed by atoms with E-state index in [0.29, 0.717) is 0 Å². The molecule has 0 aliphatic carbocycles. The van der Waals surface area contributed by atoms with Crippen molar-refractivity contribution in [2.45, 2.75) is 60.3 Å². The van der Waals surface area contributed by atoms with Crippen LogP contribution in [0.4, 0.5) is 0 Å². The van der Waals surface area contributed by atoms with Crippen LogP contribution in [0.3, 0.4) is 0 Å². The van der Waals surface area contributed by atoms with E-state index in [9.17, 15) is 0 Å². The lowest BCUT2D eigenvalue weighted by Gasteiger charge is -2.13. The highest BCUT2D eigenvalue weighted by atomic mass is 16.5. The first-order valence-corrected chi connectivity index (χ1v) is 16.3. The molecule has 7 rings (SSSR count).